The Hall–Kier alpha value is -3.57. The second kappa shape index (κ2) is 10.4. The Morgan fingerprint density at radius 2 is 1.57 bits per heavy atom. The van der Waals surface area contributed by atoms with E-state index in [2.05, 4.69) is 10.2 Å². The SMILES string of the molecule is Fc1c(F)c(C(F)(F)F)c(F)c(F)c1N/N=C\c1cn(Cc2ccc(Cl)cc2Cl)nc1-c1ccccc1. The average Bonchev–Trinajstić information content (AvgIpc) is 3.24. The number of benzene rings is 3. The van der Waals surface area contributed by atoms with Crippen molar-refractivity contribution in [1.82, 2.24) is 9.78 Å². The highest BCUT2D eigenvalue weighted by Crippen LogP contribution is 2.38. The predicted octanol–water partition coefficient (Wildman–Crippen LogP) is 7.93. The van der Waals surface area contributed by atoms with Gasteiger partial charge in [-0.05, 0) is 17.7 Å². The van der Waals surface area contributed by atoms with Crippen LogP contribution in [-0.2, 0) is 12.7 Å². The molecule has 0 saturated heterocycles. The second-order valence-corrected chi connectivity index (χ2v) is 8.45. The molecule has 0 aliphatic rings. The van der Waals surface area contributed by atoms with Crippen molar-refractivity contribution in [3.63, 3.8) is 0 Å². The van der Waals surface area contributed by atoms with E-state index in [1.807, 2.05) is 0 Å². The van der Waals surface area contributed by atoms with Gasteiger partial charge in [-0.1, -0.05) is 59.6 Å². The lowest BCUT2D eigenvalue weighted by atomic mass is 10.1. The number of anilines is 1. The minimum Gasteiger partial charge on any atom is -0.272 e. The zero-order valence-electron chi connectivity index (χ0n) is 18.2. The monoisotopic (exact) mass is 560 g/mol. The predicted molar refractivity (Wildman–Crippen MR) is 126 cm³/mol. The highest BCUT2D eigenvalue weighted by Gasteiger charge is 2.42. The van der Waals surface area contributed by atoms with Gasteiger partial charge in [0.25, 0.3) is 0 Å². The van der Waals surface area contributed by atoms with Gasteiger partial charge < -0.3 is 0 Å². The van der Waals surface area contributed by atoms with Gasteiger partial charge in [0.05, 0.1) is 12.8 Å². The van der Waals surface area contributed by atoms with Crippen LogP contribution >= 0.6 is 23.2 Å². The number of aromatic nitrogens is 2. The van der Waals surface area contributed by atoms with Crippen molar-refractivity contribution in [2.24, 2.45) is 5.10 Å². The van der Waals surface area contributed by atoms with Crippen LogP contribution in [0, 0.1) is 23.3 Å². The zero-order chi connectivity index (χ0) is 26.9. The van der Waals surface area contributed by atoms with Crippen molar-refractivity contribution in [2.75, 3.05) is 5.43 Å². The Balaban J connectivity index is 1.69. The molecule has 4 rings (SSSR count). The van der Waals surface area contributed by atoms with Crippen LogP contribution in [0.25, 0.3) is 11.3 Å². The number of rotatable bonds is 6. The molecule has 0 radical (unpaired) electrons. The Morgan fingerprint density at radius 3 is 2.16 bits per heavy atom. The molecule has 0 amide bonds. The van der Waals surface area contributed by atoms with Crippen LogP contribution < -0.4 is 5.43 Å². The van der Waals surface area contributed by atoms with Crippen LogP contribution in [0.3, 0.4) is 0 Å². The lowest BCUT2D eigenvalue weighted by molar-refractivity contribution is -0.143. The Morgan fingerprint density at radius 1 is 0.919 bits per heavy atom. The van der Waals surface area contributed by atoms with Crippen molar-refractivity contribution in [3.05, 3.63) is 105 Å². The summed E-state index contributed by atoms with van der Waals surface area (Å²) in [5, 5.41) is 8.88. The van der Waals surface area contributed by atoms with E-state index in [1.165, 1.54) is 10.9 Å². The molecule has 4 aromatic rings. The van der Waals surface area contributed by atoms with Gasteiger partial charge in [-0.2, -0.15) is 23.4 Å². The molecule has 13 heteroatoms. The molecule has 0 unspecified atom stereocenters. The Bertz CT molecular complexity index is 1460. The van der Waals surface area contributed by atoms with Crippen LogP contribution in [0.1, 0.15) is 16.7 Å². The Kier molecular flexibility index (Phi) is 7.47. The molecule has 0 fully saturated rings. The minimum absolute atomic E-state index is 0.204. The van der Waals surface area contributed by atoms with Gasteiger partial charge in [0, 0.05) is 27.4 Å². The summed E-state index contributed by atoms with van der Waals surface area (Å²) in [6, 6.07) is 13.6. The molecular formula is C24H13Cl2F7N4. The largest absolute Gasteiger partial charge is 0.422 e. The molecule has 0 atom stereocenters. The summed E-state index contributed by atoms with van der Waals surface area (Å²) in [5.41, 5.74) is -0.471. The van der Waals surface area contributed by atoms with Crippen molar-refractivity contribution < 1.29 is 30.7 Å². The molecule has 1 heterocycles. The summed E-state index contributed by atoms with van der Waals surface area (Å²) >= 11 is 12.1. The van der Waals surface area contributed by atoms with E-state index >= 15 is 0 Å². The molecule has 0 spiro atoms. The van der Waals surface area contributed by atoms with E-state index in [9.17, 15) is 30.7 Å². The van der Waals surface area contributed by atoms with Crippen LogP contribution in [0.15, 0.2) is 59.8 Å². The van der Waals surface area contributed by atoms with Crippen LogP contribution in [0.2, 0.25) is 10.0 Å². The fourth-order valence-electron chi connectivity index (χ4n) is 3.40. The quantitative estimate of drug-likeness (QED) is 0.113. The second-order valence-electron chi connectivity index (χ2n) is 7.61. The first-order chi connectivity index (χ1) is 17.5. The summed E-state index contributed by atoms with van der Waals surface area (Å²) in [6.07, 6.45) is -3.09. The molecule has 0 aliphatic carbocycles. The molecule has 4 nitrogen and oxygen atoms in total. The fourth-order valence-corrected chi connectivity index (χ4v) is 3.87. The number of hydrazone groups is 1. The summed E-state index contributed by atoms with van der Waals surface area (Å²) in [6.45, 7) is 0.204. The van der Waals surface area contributed by atoms with Gasteiger partial charge in [-0.25, -0.2) is 17.6 Å². The van der Waals surface area contributed by atoms with E-state index in [-0.39, 0.29) is 6.54 Å². The third kappa shape index (κ3) is 5.57. The smallest absolute Gasteiger partial charge is 0.272 e. The first-order valence-corrected chi connectivity index (χ1v) is 11.0. The highest BCUT2D eigenvalue weighted by molar-refractivity contribution is 6.35. The number of halogens is 9. The third-order valence-corrected chi connectivity index (χ3v) is 5.70. The maximum atomic E-state index is 14.2. The highest BCUT2D eigenvalue weighted by atomic mass is 35.5. The number of hydrogen-bond acceptors (Lipinski definition) is 3. The Labute approximate surface area is 214 Å². The number of hydrogen-bond donors (Lipinski definition) is 1. The summed E-state index contributed by atoms with van der Waals surface area (Å²) in [5.74, 6) is -9.75. The molecule has 0 aliphatic heterocycles. The third-order valence-electron chi connectivity index (χ3n) is 5.11. The summed E-state index contributed by atoms with van der Waals surface area (Å²) in [4.78, 5) is 0. The maximum absolute atomic E-state index is 14.2. The van der Waals surface area contributed by atoms with Crippen molar-refractivity contribution >= 4 is 35.1 Å². The van der Waals surface area contributed by atoms with Gasteiger partial charge in [0.15, 0.2) is 23.3 Å². The molecule has 1 aromatic heterocycles. The topological polar surface area (TPSA) is 42.2 Å². The van der Waals surface area contributed by atoms with E-state index in [1.54, 1.807) is 54.0 Å². The van der Waals surface area contributed by atoms with E-state index in [0.29, 0.717) is 32.4 Å². The van der Waals surface area contributed by atoms with Gasteiger partial charge in [-0.3, -0.25) is 10.1 Å². The molecule has 192 valence electrons. The number of alkyl halides is 3. The fraction of sp³-hybridized carbons (Fsp3) is 0.0833. The van der Waals surface area contributed by atoms with E-state index in [0.717, 1.165) is 6.21 Å². The number of nitrogens with zero attached hydrogens (tertiary/aromatic N) is 3. The molecule has 37 heavy (non-hydrogen) atoms. The van der Waals surface area contributed by atoms with Crippen molar-refractivity contribution in [2.45, 2.75) is 12.7 Å². The zero-order valence-corrected chi connectivity index (χ0v) is 19.7. The van der Waals surface area contributed by atoms with Crippen molar-refractivity contribution in [1.29, 1.82) is 0 Å². The first-order valence-electron chi connectivity index (χ1n) is 10.3. The van der Waals surface area contributed by atoms with E-state index in [4.69, 9.17) is 23.2 Å². The molecule has 1 N–H and O–H groups in total. The minimum atomic E-state index is -5.65. The standard InChI is InChI=1S/C24H13Cl2F7N4/c25-15-7-6-13(16(26)8-15)10-37-11-14(22(36-37)12-4-2-1-3-5-12)9-34-35-23-20(29)18(27)17(24(31,32)33)19(28)21(23)30/h1-9,11,35H,10H2/b34-9-. The average molecular weight is 561 g/mol. The van der Waals surface area contributed by atoms with Crippen LogP contribution in [0.4, 0.5) is 36.4 Å². The van der Waals surface area contributed by atoms with Gasteiger partial charge in [0.2, 0.25) is 0 Å². The van der Waals surface area contributed by atoms with E-state index < -0.39 is 40.7 Å². The molecule has 0 bridgehead atoms. The van der Waals surface area contributed by atoms with Crippen LogP contribution in [0.5, 0.6) is 0 Å². The molecular weight excluding hydrogens is 548 g/mol. The summed E-state index contributed by atoms with van der Waals surface area (Å²) < 4.78 is 96.0. The number of nitrogens with one attached hydrogen (secondary N) is 1. The van der Waals surface area contributed by atoms with Crippen LogP contribution in [-0.4, -0.2) is 16.0 Å². The lowest BCUT2D eigenvalue weighted by Gasteiger charge is -2.13. The first kappa shape index (κ1) is 26.5. The normalized spacial score (nSPS) is 11.9. The van der Waals surface area contributed by atoms with Gasteiger partial charge >= 0.3 is 6.18 Å². The summed E-state index contributed by atoms with van der Waals surface area (Å²) in [7, 11) is 0. The lowest BCUT2D eigenvalue weighted by Crippen LogP contribution is -2.16. The maximum Gasteiger partial charge on any atom is 0.422 e. The molecule has 3 aromatic carbocycles. The molecule has 0 saturated carbocycles. The van der Waals surface area contributed by atoms with Crippen molar-refractivity contribution in [3.8, 4) is 11.3 Å². The van der Waals surface area contributed by atoms with Gasteiger partial charge in [-0.15, -0.1) is 0 Å². The van der Waals surface area contributed by atoms with Gasteiger partial charge in [0.1, 0.15) is 16.9 Å².